The summed E-state index contributed by atoms with van der Waals surface area (Å²) >= 11 is 0. The zero-order chi connectivity index (χ0) is 25.4. The molecule has 1 aromatic rings. The lowest BCUT2D eigenvalue weighted by atomic mass is 9.92. The van der Waals surface area contributed by atoms with Crippen LogP contribution >= 0.6 is 0 Å². The first kappa shape index (κ1) is 26.5. The molecule has 2 fully saturated rings. The van der Waals surface area contributed by atoms with Gasteiger partial charge in [0.2, 0.25) is 23.6 Å². The van der Waals surface area contributed by atoms with E-state index in [0.717, 1.165) is 19.3 Å². The number of fused-ring (bicyclic) bond motifs is 1. The fourth-order valence-corrected chi connectivity index (χ4v) is 4.94. The van der Waals surface area contributed by atoms with Gasteiger partial charge in [-0.25, -0.2) is 0 Å². The number of benzene rings is 1. The molecule has 3 rings (SSSR count). The van der Waals surface area contributed by atoms with Crippen molar-refractivity contribution < 1.29 is 24.3 Å². The first-order valence-electron chi connectivity index (χ1n) is 12.5. The fourth-order valence-electron chi connectivity index (χ4n) is 4.94. The highest BCUT2D eigenvalue weighted by Crippen LogP contribution is 2.43. The van der Waals surface area contributed by atoms with Crippen LogP contribution in [0.25, 0.3) is 0 Å². The summed E-state index contributed by atoms with van der Waals surface area (Å²) in [7, 11) is 0. The Morgan fingerprint density at radius 3 is 2.43 bits per heavy atom. The second-order valence-corrected chi connectivity index (χ2v) is 9.32. The number of amides is 4. The predicted octanol–water partition coefficient (Wildman–Crippen LogP) is 0.700. The lowest BCUT2D eigenvalue weighted by Crippen LogP contribution is -2.61. The minimum Gasteiger partial charge on any atom is -0.508 e. The predicted molar refractivity (Wildman–Crippen MR) is 130 cm³/mol. The molecule has 0 aromatic heterocycles. The Balaban J connectivity index is 1.74. The smallest absolute Gasteiger partial charge is 0.246 e. The van der Waals surface area contributed by atoms with Crippen LogP contribution < -0.4 is 21.7 Å². The number of rotatable bonds is 12. The second kappa shape index (κ2) is 12.5. The molecule has 4 atom stereocenters. The monoisotopic (exact) mass is 487 g/mol. The summed E-state index contributed by atoms with van der Waals surface area (Å²) < 4.78 is 0. The SMILES string of the molecule is CC(=O)NCCCC[C@@H]1NC(=O)[C@@H]2C[C@H](C(=O)NCCCCCN)[C@H](c3ccc(O)cc3)N2C1=O. The number of hydrogen-bond donors (Lipinski definition) is 5. The van der Waals surface area contributed by atoms with Crippen LogP contribution in [-0.2, 0) is 19.2 Å². The maximum atomic E-state index is 13.5. The summed E-state index contributed by atoms with van der Waals surface area (Å²) in [5.41, 5.74) is 6.24. The minimum absolute atomic E-state index is 0.0870. The third-order valence-corrected chi connectivity index (χ3v) is 6.71. The van der Waals surface area contributed by atoms with Gasteiger partial charge in [-0.15, -0.1) is 0 Å². The average Bonchev–Trinajstić information content (AvgIpc) is 3.23. The van der Waals surface area contributed by atoms with E-state index in [1.807, 2.05) is 0 Å². The second-order valence-electron chi connectivity index (χ2n) is 9.32. The van der Waals surface area contributed by atoms with Gasteiger partial charge in [0.1, 0.15) is 17.8 Å². The van der Waals surface area contributed by atoms with Crippen molar-refractivity contribution in [3.63, 3.8) is 0 Å². The van der Waals surface area contributed by atoms with Gasteiger partial charge < -0.3 is 31.7 Å². The Hall–Kier alpha value is -3.14. The van der Waals surface area contributed by atoms with Gasteiger partial charge in [-0.1, -0.05) is 18.6 Å². The molecule has 2 heterocycles. The number of phenolic OH excluding ortho intramolecular Hbond substituents is 1. The third-order valence-electron chi connectivity index (χ3n) is 6.71. The zero-order valence-electron chi connectivity index (χ0n) is 20.3. The Labute approximate surface area is 206 Å². The van der Waals surface area contributed by atoms with Gasteiger partial charge in [0.25, 0.3) is 0 Å². The highest BCUT2D eigenvalue weighted by Gasteiger charge is 2.54. The zero-order valence-corrected chi connectivity index (χ0v) is 20.3. The number of piperazine rings is 1. The number of nitrogens with zero attached hydrogens (tertiary/aromatic N) is 1. The van der Waals surface area contributed by atoms with Crippen molar-refractivity contribution in [3.05, 3.63) is 29.8 Å². The molecular formula is C25H37N5O5. The lowest BCUT2D eigenvalue weighted by molar-refractivity contribution is -0.149. The number of aromatic hydroxyl groups is 1. The van der Waals surface area contributed by atoms with Crippen LogP contribution in [0, 0.1) is 5.92 Å². The highest BCUT2D eigenvalue weighted by atomic mass is 16.3. The van der Waals surface area contributed by atoms with Crippen LogP contribution in [0.15, 0.2) is 24.3 Å². The van der Waals surface area contributed by atoms with E-state index in [4.69, 9.17) is 5.73 Å². The van der Waals surface area contributed by atoms with Crippen LogP contribution in [0.1, 0.15) is 63.5 Å². The van der Waals surface area contributed by atoms with E-state index in [2.05, 4.69) is 16.0 Å². The molecule has 1 aromatic carbocycles. The molecule has 0 spiro atoms. The Morgan fingerprint density at radius 2 is 1.74 bits per heavy atom. The molecule has 0 saturated carbocycles. The van der Waals surface area contributed by atoms with Gasteiger partial charge in [0.05, 0.1) is 12.0 Å². The number of nitrogens with two attached hydrogens (primary N) is 1. The van der Waals surface area contributed by atoms with Crippen LogP contribution in [0.5, 0.6) is 5.75 Å². The molecule has 35 heavy (non-hydrogen) atoms. The van der Waals surface area contributed by atoms with Crippen molar-refractivity contribution in [3.8, 4) is 5.75 Å². The molecule has 10 heteroatoms. The van der Waals surface area contributed by atoms with Crippen molar-refractivity contribution in [2.45, 2.75) is 70.0 Å². The summed E-state index contributed by atoms with van der Waals surface area (Å²) in [6.07, 6.45) is 4.67. The van der Waals surface area contributed by atoms with Crippen LogP contribution in [-0.4, -0.2) is 65.4 Å². The first-order chi connectivity index (χ1) is 16.8. The first-order valence-corrected chi connectivity index (χ1v) is 12.5. The molecule has 0 aliphatic carbocycles. The van der Waals surface area contributed by atoms with E-state index in [1.165, 1.54) is 19.1 Å². The number of hydrogen-bond acceptors (Lipinski definition) is 6. The summed E-state index contributed by atoms with van der Waals surface area (Å²) in [6.45, 7) is 3.09. The van der Waals surface area contributed by atoms with Crippen LogP contribution in [0.4, 0.5) is 0 Å². The van der Waals surface area contributed by atoms with Gasteiger partial charge in [-0.2, -0.15) is 0 Å². The number of unbranched alkanes of at least 4 members (excludes halogenated alkanes) is 3. The van der Waals surface area contributed by atoms with Crippen LogP contribution in [0.2, 0.25) is 0 Å². The molecule has 6 N–H and O–H groups in total. The molecule has 2 aliphatic heterocycles. The van der Waals surface area contributed by atoms with Gasteiger partial charge in [-0.05, 0) is 62.8 Å². The van der Waals surface area contributed by atoms with E-state index in [9.17, 15) is 24.3 Å². The van der Waals surface area contributed by atoms with Crippen LogP contribution in [0.3, 0.4) is 0 Å². The van der Waals surface area contributed by atoms with Gasteiger partial charge in [0.15, 0.2) is 0 Å². The largest absolute Gasteiger partial charge is 0.508 e. The van der Waals surface area contributed by atoms with Crippen molar-refractivity contribution in [2.75, 3.05) is 19.6 Å². The summed E-state index contributed by atoms with van der Waals surface area (Å²) in [4.78, 5) is 52.3. The number of nitrogens with one attached hydrogen (secondary N) is 3. The fraction of sp³-hybridized carbons (Fsp3) is 0.600. The van der Waals surface area contributed by atoms with E-state index >= 15 is 0 Å². The standard InChI is InChI=1S/C25H37N5O5/c1-16(31)27-13-6-3-7-20-25(35)30-21(24(34)29-20)15-19(23(33)28-14-5-2-4-12-26)22(30)17-8-10-18(32)11-9-17/h8-11,19-22,32H,2-7,12-15,26H2,1H3,(H,27,31)(H,28,33)(H,29,34)/t19-,20-,21-,22-/m0/s1. The number of phenols is 1. The summed E-state index contributed by atoms with van der Waals surface area (Å²) in [6, 6.07) is 4.47. The summed E-state index contributed by atoms with van der Waals surface area (Å²) in [5.74, 6) is -1.23. The summed E-state index contributed by atoms with van der Waals surface area (Å²) in [5, 5.41) is 18.3. The Bertz CT molecular complexity index is 906. The molecule has 0 radical (unpaired) electrons. The highest BCUT2D eigenvalue weighted by molar-refractivity contribution is 5.99. The van der Waals surface area contributed by atoms with Crippen molar-refractivity contribution in [1.82, 2.24) is 20.9 Å². The van der Waals surface area contributed by atoms with Crippen molar-refractivity contribution >= 4 is 23.6 Å². The van der Waals surface area contributed by atoms with Gasteiger partial charge in [-0.3, -0.25) is 19.2 Å². The maximum Gasteiger partial charge on any atom is 0.246 e. The van der Waals surface area contributed by atoms with Gasteiger partial charge >= 0.3 is 0 Å². The van der Waals surface area contributed by atoms with Crippen molar-refractivity contribution in [2.24, 2.45) is 11.7 Å². The molecule has 10 nitrogen and oxygen atoms in total. The van der Waals surface area contributed by atoms with E-state index in [-0.39, 0.29) is 35.8 Å². The normalized spacial score (nSPS) is 23.5. The maximum absolute atomic E-state index is 13.5. The van der Waals surface area contributed by atoms with E-state index in [1.54, 1.807) is 17.0 Å². The number of carbonyl (C=O) groups is 4. The molecule has 2 saturated heterocycles. The quantitative estimate of drug-likeness (QED) is 0.274. The molecule has 4 amide bonds. The topological polar surface area (TPSA) is 154 Å². The third kappa shape index (κ3) is 6.72. The Morgan fingerprint density at radius 1 is 1.06 bits per heavy atom. The molecule has 0 bridgehead atoms. The minimum atomic E-state index is -0.718. The molecular weight excluding hydrogens is 450 g/mol. The lowest BCUT2D eigenvalue weighted by Gasteiger charge is -2.38. The van der Waals surface area contributed by atoms with E-state index in [0.29, 0.717) is 44.5 Å². The van der Waals surface area contributed by atoms with Crippen molar-refractivity contribution in [1.29, 1.82) is 0 Å². The number of carbonyl (C=O) groups excluding carboxylic acids is 4. The van der Waals surface area contributed by atoms with E-state index < -0.39 is 24.0 Å². The Kier molecular flexibility index (Phi) is 9.47. The van der Waals surface area contributed by atoms with Gasteiger partial charge in [0, 0.05) is 20.0 Å². The molecule has 2 aliphatic rings. The molecule has 0 unspecified atom stereocenters. The molecule has 192 valence electrons. The average molecular weight is 488 g/mol.